The van der Waals surface area contributed by atoms with Gasteiger partial charge in [0.25, 0.3) is 0 Å². The number of anilines is 2. The third kappa shape index (κ3) is 3.39. The Balaban J connectivity index is 2.19. The fourth-order valence-electron chi connectivity index (χ4n) is 2.41. The van der Waals surface area contributed by atoms with Gasteiger partial charge in [0.2, 0.25) is 11.8 Å². The molecule has 0 radical (unpaired) electrons. The lowest BCUT2D eigenvalue weighted by molar-refractivity contribution is -0.118. The Morgan fingerprint density at radius 2 is 2.14 bits per heavy atom. The first-order chi connectivity index (χ1) is 10.4. The number of carbonyl (C=O) groups excluding carboxylic acids is 2. The Hall–Kier alpha value is -2.08. The number of ether oxygens (including phenoxy) is 1. The first-order valence-corrected chi connectivity index (χ1v) is 7.49. The van der Waals surface area contributed by atoms with Crippen molar-refractivity contribution in [2.75, 3.05) is 23.9 Å². The van der Waals surface area contributed by atoms with Crippen molar-refractivity contribution >= 4 is 23.2 Å². The second kappa shape index (κ2) is 6.79. The van der Waals surface area contributed by atoms with Crippen LogP contribution >= 0.6 is 0 Å². The zero-order chi connectivity index (χ0) is 16.3. The maximum absolute atomic E-state index is 12.0. The number of methoxy groups -OCH3 is 1. The Morgan fingerprint density at radius 1 is 1.41 bits per heavy atom. The normalized spacial score (nSPS) is 16.0. The van der Waals surface area contributed by atoms with Crippen LogP contribution in [0.25, 0.3) is 0 Å². The summed E-state index contributed by atoms with van der Waals surface area (Å²) >= 11 is 0. The number of benzene rings is 1. The molecule has 0 aliphatic carbocycles. The van der Waals surface area contributed by atoms with Gasteiger partial charge in [-0.1, -0.05) is 13.8 Å². The Morgan fingerprint density at radius 3 is 2.68 bits per heavy atom. The van der Waals surface area contributed by atoms with Gasteiger partial charge < -0.3 is 20.7 Å². The molecule has 6 heteroatoms. The number of nitrogens with zero attached hydrogens (tertiary/aromatic N) is 1. The van der Waals surface area contributed by atoms with Crippen LogP contribution in [0.3, 0.4) is 0 Å². The lowest BCUT2D eigenvalue weighted by atomic mass is 10.0. The van der Waals surface area contributed by atoms with Crippen LogP contribution in [-0.4, -0.2) is 31.5 Å². The summed E-state index contributed by atoms with van der Waals surface area (Å²) in [5.74, 6) is 0.480. The molecule has 0 bridgehead atoms. The van der Waals surface area contributed by atoms with E-state index in [9.17, 15) is 9.59 Å². The van der Waals surface area contributed by atoms with Crippen molar-refractivity contribution in [2.45, 2.75) is 32.7 Å². The minimum atomic E-state index is -0.564. The topological polar surface area (TPSA) is 84.7 Å². The minimum Gasteiger partial charge on any atom is -0.494 e. The SMILES string of the molecule is COc1cc(NC(=O)[C@H](N)C(C)C)ccc1N1CCCC1=O. The molecule has 3 N–H and O–H groups in total. The second-order valence-corrected chi connectivity index (χ2v) is 5.79. The first kappa shape index (κ1) is 16.3. The summed E-state index contributed by atoms with van der Waals surface area (Å²) < 4.78 is 5.36. The first-order valence-electron chi connectivity index (χ1n) is 7.49. The highest BCUT2D eigenvalue weighted by molar-refractivity contribution is 5.98. The molecule has 1 aromatic rings. The highest BCUT2D eigenvalue weighted by Crippen LogP contribution is 2.33. The van der Waals surface area contributed by atoms with Gasteiger partial charge in [-0.2, -0.15) is 0 Å². The fraction of sp³-hybridized carbons (Fsp3) is 0.500. The summed E-state index contributed by atoms with van der Waals surface area (Å²) in [6.45, 7) is 4.49. The summed E-state index contributed by atoms with van der Waals surface area (Å²) in [5, 5.41) is 2.78. The minimum absolute atomic E-state index is 0.0587. The molecular weight excluding hydrogens is 282 g/mol. The molecule has 0 aromatic heterocycles. The van der Waals surface area contributed by atoms with Crippen LogP contribution in [-0.2, 0) is 9.59 Å². The molecule has 1 aromatic carbocycles. The second-order valence-electron chi connectivity index (χ2n) is 5.79. The summed E-state index contributed by atoms with van der Waals surface area (Å²) in [5.41, 5.74) is 7.17. The molecule has 6 nitrogen and oxygen atoms in total. The number of hydrogen-bond acceptors (Lipinski definition) is 4. The average Bonchev–Trinajstić information content (AvgIpc) is 2.92. The molecule has 0 saturated carbocycles. The van der Waals surface area contributed by atoms with E-state index in [-0.39, 0.29) is 17.7 Å². The Labute approximate surface area is 130 Å². The predicted octanol–water partition coefficient (Wildman–Crippen LogP) is 1.74. The largest absolute Gasteiger partial charge is 0.494 e. The van der Waals surface area contributed by atoms with E-state index in [2.05, 4.69) is 5.32 Å². The van der Waals surface area contributed by atoms with Gasteiger partial charge in [-0.25, -0.2) is 0 Å². The predicted molar refractivity (Wildman–Crippen MR) is 86.0 cm³/mol. The third-order valence-corrected chi connectivity index (χ3v) is 3.83. The van der Waals surface area contributed by atoms with Crippen LogP contribution in [0.5, 0.6) is 5.75 Å². The van der Waals surface area contributed by atoms with E-state index in [1.807, 2.05) is 13.8 Å². The molecule has 1 atom stereocenters. The molecule has 0 unspecified atom stereocenters. The van der Waals surface area contributed by atoms with Crippen molar-refractivity contribution in [3.63, 3.8) is 0 Å². The molecular formula is C16H23N3O3. The van der Waals surface area contributed by atoms with Gasteiger partial charge in [-0.05, 0) is 24.5 Å². The van der Waals surface area contributed by atoms with Crippen molar-refractivity contribution in [1.29, 1.82) is 0 Å². The van der Waals surface area contributed by atoms with Gasteiger partial charge >= 0.3 is 0 Å². The van der Waals surface area contributed by atoms with Gasteiger partial charge in [0.15, 0.2) is 0 Å². The van der Waals surface area contributed by atoms with Gasteiger partial charge in [-0.3, -0.25) is 9.59 Å². The van der Waals surface area contributed by atoms with E-state index < -0.39 is 6.04 Å². The molecule has 2 amide bonds. The lowest BCUT2D eigenvalue weighted by Gasteiger charge is -2.20. The van der Waals surface area contributed by atoms with Crippen LogP contribution < -0.4 is 20.7 Å². The quantitative estimate of drug-likeness (QED) is 0.868. The maximum Gasteiger partial charge on any atom is 0.241 e. The van der Waals surface area contributed by atoms with Crippen LogP contribution in [0.2, 0.25) is 0 Å². The molecule has 2 rings (SSSR count). The van der Waals surface area contributed by atoms with Crippen molar-refractivity contribution in [2.24, 2.45) is 11.7 Å². The molecule has 22 heavy (non-hydrogen) atoms. The molecule has 1 heterocycles. The third-order valence-electron chi connectivity index (χ3n) is 3.83. The molecule has 120 valence electrons. The Kier molecular flexibility index (Phi) is 5.03. The molecule has 1 saturated heterocycles. The summed E-state index contributed by atoms with van der Waals surface area (Å²) in [7, 11) is 1.55. The number of amides is 2. The molecule has 1 fully saturated rings. The van der Waals surface area contributed by atoms with Gasteiger partial charge in [0.05, 0.1) is 18.8 Å². The smallest absolute Gasteiger partial charge is 0.241 e. The molecule has 0 spiro atoms. The van der Waals surface area contributed by atoms with Crippen LogP contribution in [0, 0.1) is 5.92 Å². The van der Waals surface area contributed by atoms with Gasteiger partial charge in [0.1, 0.15) is 5.75 Å². The average molecular weight is 305 g/mol. The number of nitrogens with one attached hydrogen (secondary N) is 1. The summed E-state index contributed by atoms with van der Waals surface area (Å²) in [6.07, 6.45) is 1.41. The zero-order valence-corrected chi connectivity index (χ0v) is 13.3. The standard InChI is InChI=1S/C16H23N3O3/c1-10(2)15(17)16(21)18-11-6-7-12(13(9-11)22-3)19-8-4-5-14(19)20/h6-7,9-10,15H,4-5,8,17H2,1-3H3,(H,18,21)/t15-/m1/s1. The fourth-order valence-corrected chi connectivity index (χ4v) is 2.41. The van der Waals surface area contributed by atoms with E-state index in [1.54, 1.807) is 30.2 Å². The van der Waals surface area contributed by atoms with Gasteiger partial charge in [-0.15, -0.1) is 0 Å². The molecule has 1 aliphatic rings. The number of carbonyl (C=O) groups is 2. The van der Waals surface area contributed by atoms with E-state index in [4.69, 9.17) is 10.5 Å². The monoisotopic (exact) mass is 305 g/mol. The van der Waals surface area contributed by atoms with Crippen LogP contribution in [0.15, 0.2) is 18.2 Å². The van der Waals surface area contributed by atoms with Crippen LogP contribution in [0.4, 0.5) is 11.4 Å². The highest BCUT2D eigenvalue weighted by Gasteiger charge is 2.25. The number of rotatable bonds is 5. The van der Waals surface area contributed by atoms with Crippen LogP contribution in [0.1, 0.15) is 26.7 Å². The zero-order valence-electron chi connectivity index (χ0n) is 13.3. The molecule has 1 aliphatic heterocycles. The summed E-state index contributed by atoms with van der Waals surface area (Å²) in [6, 6.07) is 4.70. The van der Waals surface area contributed by atoms with Crippen molar-refractivity contribution in [3.05, 3.63) is 18.2 Å². The van der Waals surface area contributed by atoms with E-state index in [0.717, 1.165) is 12.1 Å². The van der Waals surface area contributed by atoms with E-state index in [0.29, 0.717) is 24.4 Å². The Bertz CT molecular complexity index is 572. The number of hydrogen-bond donors (Lipinski definition) is 2. The van der Waals surface area contributed by atoms with Gasteiger partial charge in [0, 0.05) is 24.7 Å². The maximum atomic E-state index is 12.0. The van der Waals surface area contributed by atoms with E-state index in [1.165, 1.54) is 0 Å². The van der Waals surface area contributed by atoms with Crippen molar-refractivity contribution < 1.29 is 14.3 Å². The van der Waals surface area contributed by atoms with Crippen molar-refractivity contribution in [3.8, 4) is 5.75 Å². The summed E-state index contributed by atoms with van der Waals surface area (Å²) in [4.78, 5) is 25.6. The van der Waals surface area contributed by atoms with Crippen molar-refractivity contribution in [1.82, 2.24) is 0 Å². The van der Waals surface area contributed by atoms with E-state index >= 15 is 0 Å². The highest BCUT2D eigenvalue weighted by atomic mass is 16.5. The number of nitrogens with two attached hydrogens (primary N) is 1. The lowest BCUT2D eigenvalue weighted by Crippen LogP contribution is -2.39.